The molecule has 0 aliphatic carbocycles. The van der Waals surface area contributed by atoms with E-state index in [4.69, 9.17) is 5.10 Å². The lowest BCUT2D eigenvalue weighted by Crippen LogP contribution is -2.54. The molecule has 0 radical (unpaired) electrons. The van der Waals surface area contributed by atoms with Crippen LogP contribution < -0.4 is 5.32 Å². The summed E-state index contributed by atoms with van der Waals surface area (Å²) in [6.45, 7) is 21.4. The highest BCUT2D eigenvalue weighted by Gasteiger charge is 2.46. The van der Waals surface area contributed by atoms with Crippen LogP contribution in [-0.4, -0.2) is 102 Å². The Morgan fingerprint density at radius 1 is 1.16 bits per heavy atom. The summed E-state index contributed by atoms with van der Waals surface area (Å²) in [5.41, 5.74) is 0.531. The molecule has 38 heavy (non-hydrogen) atoms. The summed E-state index contributed by atoms with van der Waals surface area (Å²) in [5, 5.41) is 11.1. The Bertz CT molecular complexity index is 905. The van der Waals surface area contributed by atoms with E-state index >= 15 is 0 Å². The number of halogens is 2. The average molecular weight is 535 g/mol. The van der Waals surface area contributed by atoms with Gasteiger partial charge < -0.3 is 20.0 Å². The van der Waals surface area contributed by atoms with Crippen LogP contribution in [0.3, 0.4) is 0 Å². The molecule has 4 aliphatic heterocycles. The van der Waals surface area contributed by atoms with Crippen molar-refractivity contribution < 1.29 is 13.6 Å². The van der Waals surface area contributed by atoms with Crippen molar-refractivity contribution in [3.05, 3.63) is 23.9 Å². The maximum Gasteiger partial charge on any atom is 0.260 e. The zero-order valence-electron chi connectivity index (χ0n) is 24.0. The van der Waals surface area contributed by atoms with Gasteiger partial charge in [0, 0.05) is 57.9 Å². The number of fused-ring (bicyclic) bond motifs is 1. The van der Waals surface area contributed by atoms with Gasteiger partial charge >= 0.3 is 0 Å². The van der Waals surface area contributed by atoms with E-state index in [-0.39, 0.29) is 23.4 Å². The normalized spacial score (nSPS) is 31.4. The number of rotatable bonds is 7. The number of alkyl halides is 2. The number of nitrogens with one attached hydrogen (secondary N) is 1. The molecule has 4 aliphatic rings. The first kappa shape index (κ1) is 29.0. The third kappa shape index (κ3) is 6.24. The number of likely N-dealkylation sites (tertiary alicyclic amines) is 2. The monoisotopic (exact) mass is 534 g/mol. The summed E-state index contributed by atoms with van der Waals surface area (Å²) in [5.74, 6) is 3.13. The fourth-order valence-corrected chi connectivity index (χ4v) is 7.01. The fourth-order valence-electron chi connectivity index (χ4n) is 7.01. The van der Waals surface area contributed by atoms with Gasteiger partial charge in [0.1, 0.15) is 5.84 Å². The van der Waals surface area contributed by atoms with Gasteiger partial charge in [-0.3, -0.25) is 9.80 Å². The molecule has 9 heteroatoms. The van der Waals surface area contributed by atoms with Crippen LogP contribution in [0, 0.1) is 23.7 Å². The molecule has 0 saturated carbocycles. The van der Waals surface area contributed by atoms with Crippen LogP contribution in [0.2, 0.25) is 0 Å². The van der Waals surface area contributed by atoms with E-state index in [2.05, 4.69) is 35.7 Å². The van der Waals surface area contributed by atoms with E-state index < -0.39 is 6.43 Å². The maximum absolute atomic E-state index is 13.3. The third-order valence-corrected chi connectivity index (χ3v) is 9.38. The number of hydrazone groups is 1. The highest BCUT2D eigenvalue weighted by atomic mass is 19.3. The summed E-state index contributed by atoms with van der Waals surface area (Å²) in [6, 6.07) is 0.581. The summed E-state index contributed by atoms with van der Waals surface area (Å²) in [6.07, 6.45) is 1.98. The second-order valence-electron chi connectivity index (χ2n) is 12.0. The number of likely N-dealkylation sites (N-methyl/N-ethyl adjacent to an activating group) is 1. The molecule has 3 fully saturated rings. The summed E-state index contributed by atoms with van der Waals surface area (Å²) >= 11 is 0. The van der Waals surface area contributed by atoms with Crippen LogP contribution in [0.4, 0.5) is 8.78 Å². The number of amides is 1. The van der Waals surface area contributed by atoms with Crippen molar-refractivity contribution in [3.63, 3.8) is 0 Å². The maximum atomic E-state index is 13.3. The highest BCUT2D eigenvalue weighted by molar-refractivity contribution is 5.89. The SMILES string of the molecule is C=C(/C=C(\C)C(F)F)N(CC)C1=NN(C2CCN(CC3C(C)CNCC3C)CC2)C2CCN(C(C)=O)CC12. The van der Waals surface area contributed by atoms with Crippen LogP contribution in [0.5, 0.6) is 0 Å². The zero-order chi connectivity index (χ0) is 27.6. The van der Waals surface area contributed by atoms with Gasteiger partial charge in [-0.2, -0.15) is 5.10 Å². The van der Waals surface area contributed by atoms with Gasteiger partial charge in [-0.1, -0.05) is 20.4 Å². The number of carbonyl (C=O) groups is 1. The highest BCUT2D eigenvalue weighted by Crippen LogP contribution is 2.36. The minimum Gasteiger partial charge on any atom is -0.342 e. The number of amidine groups is 1. The lowest BCUT2D eigenvalue weighted by Gasteiger charge is -2.44. The van der Waals surface area contributed by atoms with Gasteiger partial charge in [0.15, 0.2) is 0 Å². The lowest BCUT2D eigenvalue weighted by molar-refractivity contribution is -0.131. The second kappa shape index (κ2) is 12.5. The quantitative estimate of drug-likeness (QED) is 0.503. The van der Waals surface area contributed by atoms with Crippen LogP contribution in [-0.2, 0) is 4.79 Å². The number of nitrogens with zero attached hydrogens (tertiary/aromatic N) is 5. The predicted octanol–water partition coefficient (Wildman–Crippen LogP) is 3.86. The van der Waals surface area contributed by atoms with E-state index in [1.807, 2.05) is 16.7 Å². The number of allylic oxidation sites excluding steroid dienone is 2. The van der Waals surface area contributed by atoms with E-state index in [1.165, 1.54) is 19.5 Å². The van der Waals surface area contributed by atoms with Crippen molar-refractivity contribution in [1.29, 1.82) is 0 Å². The van der Waals surface area contributed by atoms with Crippen molar-refractivity contribution in [2.75, 3.05) is 52.4 Å². The Morgan fingerprint density at radius 2 is 1.82 bits per heavy atom. The Labute approximate surface area is 228 Å². The topological polar surface area (TPSA) is 54.4 Å². The van der Waals surface area contributed by atoms with Crippen molar-refractivity contribution in [1.82, 2.24) is 25.0 Å². The molecule has 4 heterocycles. The molecule has 4 atom stereocenters. The largest absolute Gasteiger partial charge is 0.342 e. The first-order chi connectivity index (χ1) is 18.1. The van der Waals surface area contributed by atoms with Gasteiger partial charge in [-0.25, -0.2) is 8.78 Å². The van der Waals surface area contributed by atoms with Gasteiger partial charge in [-0.05, 0) is 75.6 Å². The van der Waals surface area contributed by atoms with Crippen molar-refractivity contribution in [3.8, 4) is 0 Å². The average Bonchev–Trinajstić information content (AvgIpc) is 3.25. The molecular formula is C29H48F2N6O. The van der Waals surface area contributed by atoms with Gasteiger partial charge in [0.2, 0.25) is 5.91 Å². The predicted molar refractivity (Wildman–Crippen MR) is 149 cm³/mol. The molecule has 0 bridgehead atoms. The molecular weight excluding hydrogens is 486 g/mol. The molecule has 0 aromatic heterocycles. The molecule has 0 aromatic carbocycles. The molecule has 4 rings (SSSR count). The van der Waals surface area contributed by atoms with Crippen molar-refractivity contribution in [2.45, 2.75) is 72.4 Å². The first-order valence-electron chi connectivity index (χ1n) is 14.6. The van der Waals surface area contributed by atoms with Crippen LogP contribution in [0.1, 0.15) is 53.9 Å². The molecule has 3 saturated heterocycles. The first-order valence-corrected chi connectivity index (χ1v) is 14.6. The molecule has 1 N–H and O–H groups in total. The van der Waals surface area contributed by atoms with Crippen LogP contribution in [0.25, 0.3) is 0 Å². The smallest absolute Gasteiger partial charge is 0.260 e. The minimum atomic E-state index is -2.51. The van der Waals surface area contributed by atoms with Crippen LogP contribution in [0.15, 0.2) is 29.0 Å². The van der Waals surface area contributed by atoms with Gasteiger partial charge in [-0.15, -0.1) is 0 Å². The molecule has 0 spiro atoms. The summed E-state index contributed by atoms with van der Waals surface area (Å²) < 4.78 is 26.5. The zero-order valence-corrected chi connectivity index (χ0v) is 24.0. The van der Waals surface area contributed by atoms with Crippen LogP contribution >= 0.6 is 0 Å². The number of piperidine rings is 3. The molecule has 214 valence electrons. The molecule has 1 amide bonds. The van der Waals surface area contributed by atoms with Crippen molar-refractivity contribution in [2.24, 2.45) is 28.8 Å². The van der Waals surface area contributed by atoms with Gasteiger partial charge in [0.05, 0.1) is 12.0 Å². The third-order valence-electron chi connectivity index (χ3n) is 9.38. The molecule has 7 nitrogen and oxygen atoms in total. The molecule has 4 unspecified atom stereocenters. The Hall–Kier alpha value is -2.00. The van der Waals surface area contributed by atoms with Gasteiger partial charge in [0.25, 0.3) is 6.43 Å². The summed E-state index contributed by atoms with van der Waals surface area (Å²) in [4.78, 5) is 18.8. The van der Waals surface area contributed by atoms with E-state index in [0.717, 1.165) is 63.7 Å². The Morgan fingerprint density at radius 3 is 2.39 bits per heavy atom. The standard InChI is InChI=1S/C29H48F2N6O/c1-7-36(22(5)14-19(2)28(30)31)29-26-18-35(23(6)38)13-10-27(26)37(33-29)24-8-11-34(12-9-24)17-25-20(3)15-32-16-21(25)4/h14,20-21,24-28,32H,5,7-13,15-18H2,1-4,6H3/b19-14+. The van der Waals surface area contributed by atoms with E-state index in [0.29, 0.717) is 36.7 Å². The number of hydrogen-bond acceptors (Lipinski definition) is 6. The summed E-state index contributed by atoms with van der Waals surface area (Å²) in [7, 11) is 0. The Kier molecular flexibility index (Phi) is 9.50. The van der Waals surface area contributed by atoms with E-state index in [1.54, 1.807) is 6.92 Å². The Balaban J connectivity index is 1.49. The molecule has 0 aromatic rings. The lowest BCUT2D eigenvalue weighted by atomic mass is 9.79. The van der Waals surface area contributed by atoms with Crippen molar-refractivity contribution >= 4 is 11.7 Å². The number of hydrogen-bond donors (Lipinski definition) is 1. The second-order valence-corrected chi connectivity index (χ2v) is 12.0. The van der Waals surface area contributed by atoms with E-state index in [9.17, 15) is 13.6 Å². The minimum absolute atomic E-state index is 0.000726. The number of carbonyl (C=O) groups excluding carboxylic acids is 1. The fraction of sp³-hybridized carbons (Fsp3) is 0.793.